The molecule has 2 aromatic carbocycles. The van der Waals surface area contributed by atoms with Gasteiger partial charge in [-0.1, -0.05) is 24.3 Å². The minimum atomic E-state index is -0.534. The van der Waals surface area contributed by atoms with Crippen LogP contribution in [0.1, 0.15) is 21.9 Å². The monoisotopic (exact) mass is 508 g/mol. The van der Waals surface area contributed by atoms with Gasteiger partial charge in [0.05, 0.1) is 18.1 Å². The number of carbonyl (C=O) groups excluding carboxylic acids is 2. The van der Waals surface area contributed by atoms with Gasteiger partial charge in [0.15, 0.2) is 10.4 Å². The number of para-hydroxylation sites is 2. The maximum absolute atomic E-state index is 12.9. The normalized spacial score (nSPS) is 11.4. The number of aromatic nitrogens is 2. The van der Waals surface area contributed by atoms with E-state index in [0.717, 1.165) is 22.4 Å². The standard InChI is InChI=1S/C24H21BrN4O4/c1-32-16-8-6-15(7-9-16)14-19(29-24(31)20-10-11-21(25)33-20)23(30)26-13-12-22-27-17-4-2-3-5-18(17)28-22/h2-11,14H,12-13H2,1H3,(H,26,30)(H,27,28)(H,29,31)/b19-14-. The lowest BCUT2D eigenvalue weighted by atomic mass is 10.1. The third-order valence-corrected chi connectivity index (χ3v) is 5.23. The molecule has 33 heavy (non-hydrogen) atoms. The molecule has 4 aromatic rings. The van der Waals surface area contributed by atoms with Gasteiger partial charge in [0.25, 0.3) is 11.8 Å². The van der Waals surface area contributed by atoms with E-state index in [4.69, 9.17) is 9.15 Å². The Morgan fingerprint density at radius 3 is 2.61 bits per heavy atom. The number of nitrogens with one attached hydrogen (secondary N) is 3. The van der Waals surface area contributed by atoms with Gasteiger partial charge in [-0.2, -0.15) is 0 Å². The molecule has 0 aliphatic carbocycles. The van der Waals surface area contributed by atoms with Crippen molar-refractivity contribution in [2.45, 2.75) is 6.42 Å². The van der Waals surface area contributed by atoms with Crippen LogP contribution >= 0.6 is 15.9 Å². The Balaban J connectivity index is 1.47. The van der Waals surface area contributed by atoms with Crippen LogP contribution in [0.25, 0.3) is 17.1 Å². The highest BCUT2D eigenvalue weighted by Gasteiger charge is 2.17. The Kier molecular flexibility index (Phi) is 6.89. The number of hydrogen-bond acceptors (Lipinski definition) is 5. The lowest BCUT2D eigenvalue weighted by Gasteiger charge is -2.10. The van der Waals surface area contributed by atoms with Crippen molar-refractivity contribution in [1.29, 1.82) is 0 Å². The number of nitrogens with zero attached hydrogens (tertiary/aromatic N) is 1. The number of imidazole rings is 1. The zero-order valence-electron chi connectivity index (χ0n) is 17.7. The van der Waals surface area contributed by atoms with E-state index in [9.17, 15) is 9.59 Å². The van der Waals surface area contributed by atoms with Crippen LogP contribution in [0.5, 0.6) is 5.75 Å². The number of H-pyrrole nitrogens is 1. The third kappa shape index (κ3) is 5.69. The van der Waals surface area contributed by atoms with Crippen molar-refractivity contribution in [2.75, 3.05) is 13.7 Å². The number of carbonyl (C=O) groups is 2. The second-order valence-electron chi connectivity index (χ2n) is 7.10. The molecular formula is C24H21BrN4O4. The van der Waals surface area contributed by atoms with Gasteiger partial charge in [-0.15, -0.1) is 0 Å². The molecule has 2 aromatic heterocycles. The lowest BCUT2D eigenvalue weighted by molar-refractivity contribution is -0.117. The van der Waals surface area contributed by atoms with Crippen LogP contribution in [0.3, 0.4) is 0 Å². The maximum atomic E-state index is 12.9. The van der Waals surface area contributed by atoms with E-state index < -0.39 is 11.8 Å². The molecule has 0 unspecified atom stereocenters. The number of halogens is 1. The average Bonchev–Trinajstić information content (AvgIpc) is 3.44. The highest BCUT2D eigenvalue weighted by atomic mass is 79.9. The predicted octanol–water partition coefficient (Wildman–Crippen LogP) is 4.06. The van der Waals surface area contributed by atoms with E-state index in [1.54, 1.807) is 43.5 Å². The zero-order valence-corrected chi connectivity index (χ0v) is 19.3. The molecule has 3 N–H and O–H groups in total. The summed E-state index contributed by atoms with van der Waals surface area (Å²) in [5, 5.41) is 5.47. The summed E-state index contributed by atoms with van der Waals surface area (Å²) in [7, 11) is 1.58. The van der Waals surface area contributed by atoms with Crippen molar-refractivity contribution in [2.24, 2.45) is 0 Å². The quantitative estimate of drug-likeness (QED) is 0.311. The molecule has 0 fully saturated rings. The Morgan fingerprint density at radius 1 is 1.12 bits per heavy atom. The molecule has 2 heterocycles. The molecule has 0 aliphatic heterocycles. The largest absolute Gasteiger partial charge is 0.497 e. The molecule has 8 nitrogen and oxygen atoms in total. The van der Waals surface area contributed by atoms with Crippen molar-refractivity contribution in [3.8, 4) is 5.75 Å². The number of methoxy groups -OCH3 is 1. The number of furan rings is 1. The molecule has 0 aliphatic rings. The van der Waals surface area contributed by atoms with E-state index in [-0.39, 0.29) is 11.5 Å². The average molecular weight is 509 g/mol. The Labute approximate surface area is 198 Å². The molecule has 0 atom stereocenters. The van der Waals surface area contributed by atoms with Crippen LogP contribution in [0, 0.1) is 0 Å². The summed E-state index contributed by atoms with van der Waals surface area (Å²) in [4.78, 5) is 33.2. The molecule has 2 amide bonds. The molecule has 0 saturated carbocycles. The first-order valence-electron chi connectivity index (χ1n) is 10.2. The van der Waals surface area contributed by atoms with Gasteiger partial charge in [-0.3, -0.25) is 9.59 Å². The second kappa shape index (κ2) is 10.2. The van der Waals surface area contributed by atoms with Crippen LogP contribution in [-0.4, -0.2) is 35.4 Å². The summed E-state index contributed by atoms with van der Waals surface area (Å²) in [5.74, 6) is 0.571. The van der Waals surface area contributed by atoms with Gasteiger partial charge in [-0.05, 0) is 64.0 Å². The van der Waals surface area contributed by atoms with E-state index in [1.807, 2.05) is 24.3 Å². The van der Waals surface area contributed by atoms with E-state index >= 15 is 0 Å². The summed E-state index contributed by atoms with van der Waals surface area (Å²) >= 11 is 3.17. The molecule has 0 radical (unpaired) electrons. The number of benzene rings is 2. The van der Waals surface area contributed by atoms with Gasteiger partial charge in [0, 0.05) is 13.0 Å². The first-order chi connectivity index (χ1) is 16.0. The van der Waals surface area contributed by atoms with Gasteiger partial charge >= 0.3 is 0 Å². The molecule has 168 valence electrons. The van der Waals surface area contributed by atoms with Crippen molar-refractivity contribution < 1.29 is 18.7 Å². The van der Waals surface area contributed by atoms with Crippen molar-refractivity contribution in [3.63, 3.8) is 0 Å². The molecular weight excluding hydrogens is 488 g/mol. The molecule has 9 heteroatoms. The number of ether oxygens (including phenoxy) is 1. The fourth-order valence-electron chi connectivity index (χ4n) is 3.16. The van der Waals surface area contributed by atoms with E-state index in [2.05, 4.69) is 36.5 Å². The minimum Gasteiger partial charge on any atom is -0.497 e. The van der Waals surface area contributed by atoms with Crippen LogP contribution in [0.15, 0.2) is 75.4 Å². The molecule has 0 saturated heterocycles. The highest BCUT2D eigenvalue weighted by molar-refractivity contribution is 9.10. The Bertz CT molecular complexity index is 1270. The molecule has 4 rings (SSSR count). The smallest absolute Gasteiger partial charge is 0.291 e. The number of fused-ring (bicyclic) bond motifs is 1. The fourth-order valence-corrected chi connectivity index (χ4v) is 3.47. The third-order valence-electron chi connectivity index (χ3n) is 4.80. The summed E-state index contributed by atoms with van der Waals surface area (Å²) < 4.78 is 10.9. The van der Waals surface area contributed by atoms with Crippen molar-refractivity contribution >= 4 is 44.9 Å². The van der Waals surface area contributed by atoms with Crippen LogP contribution < -0.4 is 15.4 Å². The second-order valence-corrected chi connectivity index (χ2v) is 7.88. The number of aromatic amines is 1. The predicted molar refractivity (Wildman–Crippen MR) is 128 cm³/mol. The van der Waals surface area contributed by atoms with Gasteiger partial charge in [0.2, 0.25) is 0 Å². The van der Waals surface area contributed by atoms with Gasteiger partial charge < -0.3 is 24.8 Å². The number of rotatable bonds is 8. The SMILES string of the molecule is COc1ccc(/C=C(\NC(=O)c2ccc(Br)o2)C(=O)NCCc2nc3ccccc3[nH]2)cc1. The summed E-state index contributed by atoms with van der Waals surface area (Å²) in [6.07, 6.45) is 2.10. The van der Waals surface area contributed by atoms with Gasteiger partial charge in [0.1, 0.15) is 17.3 Å². The fraction of sp³-hybridized carbons (Fsp3) is 0.125. The van der Waals surface area contributed by atoms with E-state index in [0.29, 0.717) is 23.4 Å². The number of amides is 2. The first-order valence-corrected chi connectivity index (χ1v) is 11.0. The lowest BCUT2D eigenvalue weighted by Crippen LogP contribution is -2.35. The topological polar surface area (TPSA) is 109 Å². The van der Waals surface area contributed by atoms with Crippen LogP contribution in [0.4, 0.5) is 0 Å². The summed E-state index contributed by atoms with van der Waals surface area (Å²) in [6, 6.07) is 18.0. The Hall–Kier alpha value is -3.85. The first kappa shape index (κ1) is 22.3. The summed E-state index contributed by atoms with van der Waals surface area (Å²) in [5.41, 5.74) is 2.62. The van der Waals surface area contributed by atoms with Crippen LogP contribution in [-0.2, 0) is 11.2 Å². The maximum Gasteiger partial charge on any atom is 0.291 e. The molecule has 0 spiro atoms. The van der Waals surface area contributed by atoms with Gasteiger partial charge in [-0.25, -0.2) is 4.98 Å². The minimum absolute atomic E-state index is 0.0811. The zero-order chi connectivity index (χ0) is 23.2. The molecule has 0 bridgehead atoms. The van der Waals surface area contributed by atoms with Crippen LogP contribution in [0.2, 0.25) is 0 Å². The number of hydrogen-bond donors (Lipinski definition) is 3. The Morgan fingerprint density at radius 2 is 1.91 bits per heavy atom. The summed E-state index contributed by atoms with van der Waals surface area (Å²) in [6.45, 7) is 0.334. The van der Waals surface area contributed by atoms with Crippen molar-refractivity contribution in [3.05, 3.63) is 88.2 Å². The van der Waals surface area contributed by atoms with E-state index in [1.165, 1.54) is 6.07 Å². The van der Waals surface area contributed by atoms with Crippen molar-refractivity contribution in [1.82, 2.24) is 20.6 Å². The highest BCUT2D eigenvalue weighted by Crippen LogP contribution is 2.16.